The van der Waals surface area contributed by atoms with Gasteiger partial charge in [-0.15, -0.1) is 10.2 Å². The van der Waals surface area contributed by atoms with Crippen LogP contribution >= 0.6 is 0 Å². The molecule has 3 N–H and O–H groups in total. The largest absolute Gasteiger partial charge is 0.495 e. The molecule has 2 aromatic rings. The number of hydrogen-bond acceptors (Lipinski definition) is 6. The first-order valence-electron chi connectivity index (χ1n) is 6.03. The monoisotopic (exact) mass is 287 g/mol. The Bertz CT molecular complexity index is 673. The minimum Gasteiger partial charge on any atom is -0.495 e. The lowest BCUT2D eigenvalue weighted by Crippen LogP contribution is -2.23. The minimum atomic E-state index is -0.297. The van der Waals surface area contributed by atoms with E-state index in [1.807, 2.05) is 0 Å². The quantitative estimate of drug-likeness (QED) is 0.652. The van der Waals surface area contributed by atoms with Crippen molar-refractivity contribution in [1.82, 2.24) is 25.9 Å². The molecule has 2 rings (SSSR count). The molecule has 0 saturated carbocycles. The number of nitrogens with one attached hydrogen (secondary N) is 2. The number of aromatic amines is 1. The summed E-state index contributed by atoms with van der Waals surface area (Å²) < 4.78 is 5.15. The number of aromatic nitrogens is 4. The third-order valence-corrected chi connectivity index (χ3v) is 2.56. The first-order valence-corrected chi connectivity index (χ1v) is 6.03. The summed E-state index contributed by atoms with van der Waals surface area (Å²) >= 11 is 0. The zero-order valence-corrected chi connectivity index (χ0v) is 11.3. The normalized spacial score (nSPS) is 9.62. The van der Waals surface area contributed by atoms with Crippen molar-refractivity contribution in [2.45, 2.75) is 6.54 Å². The van der Waals surface area contributed by atoms with Crippen molar-refractivity contribution in [2.24, 2.45) is 0 Å². The molecule has 0 aliphatic heterocycles. The molecule has 8 heteroatoms. The molecule has 1 amide bonds. The van der Waals surface area contributed by atoms with E-state index < -0.39 is 0 Å². The summed E-state index contributed by atoms with van der Waals surface area (Å²) in [6, 6.07) is 4.85. The van der Waals surface area contributed by atoms with Crippen LogP contribution in [-0.2, 0) is 6.54 Å². The predicted octanol–water partition coefficient (Wildman–Crippen LogP) is -0.518. The Kier molecular flexibility index (Phi) is 4.84. The average Bonchev–Trinajstić information content (AvgIpc) is 3.03. The number of methoxy groups -OCH3 is 1. The smallest absolute Gasteiger partial charge is 0.251 e. The molecule has 21 heavy (non-hydrogen) atoms. The highest BCUT2D eigenvalue weighted by Gasteiger charge is 2.10. The second kappa shape index (κ2) is 7.02. The summed E-state index contributed by atoms with van der Waals surface area (Å²) in [5.41, 5.74) is 0.945. The Morgan fingerprint density at radius 2 is 2.38 bits per heavy atom. The Hall–Kier alpha value is -2.92. The van der Waals surface area contributed by atoms with E-state index in [0.717, 1.165) is 0 Å². The topological polar surface area (TPSA) is 113 Å². The molecular weight excluding hydrogens is 274 g/mol. The van der Waals surface area contributed by atoms with Crippen LogP contribution in [0.2, 0.25) is 0 Å². The van der Waals surface area contributed by atoms with E-state index in [9.17, 15) is 4.79 Å². The number of benzene rings is 1. The molecule has 0 atom stereocenters. The van der Waals surface area contributed by atoms with Crippen LogP contribution in [0.4, 0.5) is 0 Å². The van der Waals surface area contributed by atoms with Crippen molar-refractivity contribution in [3.8, 4) is 17.6 Å². The Morgan fingerprint density at radius 3 is 3.05 bits per heavy atom. The fraction of sp³-hybridized carbons (Fsp3) is 0.231. The molecule has 8 nitrogen and oxygen atoms in total. The van der Waals surface area contributed by atoms with Crippen LogP contribution in [0.25, 0.3) is 0 Å². The third kappa shape index (κ3) is 3.77. The highest BCUT2D eigenvalue weighted by Crippen LogP contribution is 2.18. The maximum Gasteiger partial charge on any atom is 0.251 e. The van der Waals surface area contributed by atoms with Gasteiger partial charge in [0.15, 0.2) is 5.82 Å². The molecule has 0 unspecified atom stereocenters. The van der Waals surface area contributed by atoms with Crippen molar-refractivity contribution < 1.29 is 14.6 Å². The second-order valence-electron chi connectivity index (χ2n) is 3.89. The molecular formula is C13H13N5O3. The number of tetrazole rings is 1. The fourth-order valence-corrected chi connectivity index (χ4v) is 1.60. The van der Waals surface area contributed by atoms with E-state index in [4.69, 9.17) is 9.84 Å². The van der Waals surface area contributed by atoms with Crippen LogP contribution in [0.3, 0.4) is 0 Å². The lowest BCUT2D eigenvalue weighted by atomic mass is 10.1. The van der Waals surface area contributed by atoms with Gasteiger partial charge in [-0.1, -0.05) is 17.1 Å². The number of aliphatic hydroxyl groups excluding tert-OH is 1. The van der Waals surface area contributed by atoms with E-state index >= 15 is 0 Å². The van der Waals surface area contributed by atoms with Crippen molar-refractivity contribution in [1.29, 1.82) is 0 Å². The van der Waals surface area contributed by atoms with Gasteiger partial charge in [-0.05, 0) is 18.2 Å². The maximum absolute atomic E-state index is 12.0. The van der Waals surface area contributed by atoms with Gasteiger partial charge in [0.05, 0.1) is 19.2 Å². The van der Waals surface area contributed by atoms with Crippen molar-refractivity contribution in [3.05, 3.63) is 35.2 Å². The zero-order valence-electron chi connectivity index (χ0n) is 11.3. The first kappa shape index (κ1) is 14.5. The van der Waals surface area contributed by atoms with E-state index in [2.05, 4.69) is 37.8 Å². The van der Waals surface area contributed by atoms with Gasteiger partial charge < -0.3 is 15.2 Å². The predicted molar refractivity (Wildman–Crippen MR) is 72.3 cm³/mol. The second-order valence-corrected chi connectivity index (χ2v) is 3.89. The number of rotatable bonds is 4. The fourth-order valence-electron chi connectivity index (χ4n) is 1.60. The summed E-state index contributed by atoms with van der Waals surface area (Å²) in [4.78, 5) is 12.0. The molecule has 0 saturated heterocycles. The van der Waals surface area contributed by atoms with Crippen LogP contribution in [0.1, 0.15) is 21.7 Å². The summed E-state index contributed by atoms with van der Waals surface area (Å²) in [5.74, 6) is 5.88. The van der Waals surface area contributed by atoms with E-state index in [1.165, 1.54) is 7.11 Å². The summed E-state index contributed by atoms with van der Waals surface area (Å²) in [5, 5.41) is 24.6. The lowest BCUT2D eigenvalue weighted by molar-refractivity contribution is 0.0950. The van der Waals surface area contributed by atoms with Gasteiger partial charge in [0.1, 0.15) is 12.4 Å². The van der Waals surface area contributed by atoms with Crippen LogP contribution in [0, 0.1) is 11.8 Å². The Balaban J connectivity index is 2.13. The summed E-state index contributed by atoms with van der Waals surface area (Å²) in [6.07, 6.45) is 0. The standard InChI is InChI=1S/C13H13N5O3/c1-21-11-5-4-10(7-9(11)3-2-6-19)13(20)14-8-12-15-17-18-16-12/h4-5,7,19H,6,8H2,1H3,(H,14,20)(H,15,16,17,18). The molecule has 1 aromatic carbocycles. The number of carbonyl (C=O) groups is 1. The molecule has 0 spiro atoms. The van der Waals surface area contributed by atoms with Gasteiger partial charge in [-0.25, -0.2) is 0 Å². The number of carbonyl (C=O) groups excluding carboxylic acids is 1. The SMILES string of the molecule is COc1ccc(C(=O)NCc2nn[nH]n2)cc1C#CCO. The Morgan fingerprint density at radius 1 is 1.52 bits per heavy atom. The summed E-state index contributed by atoms with van der Waals surface area (Å²) in [7, 11) is 1.51. The molecule has 1 aromatic heterocycles. The number of ether oxygens (including phenoxy) is 1. The highest BCUT2D eigenvalue weighted by atomic mass is 16.5. The van der Waals surface area contributed by atoms with E-state index in [1.54, 1.807) is 18.2 Å². The van der Waals surface area contributed by atoms with Crippen molar-refractivity contribution in [2.75, 3.05) is 13.7 Å². The molecule has 108 valence electrons. The first-order chi connectivity index (χ1) is 10.2. The van der Waals surface area contributed by atoms with Gasteiger partial charge >= 0.3 is 0 Å². The number of hydrogen-bond donors (Lipinski definition) is 3. The third-order valence-electron chi connectivity index (χ3n) is 2.56. The van der Waals surface area contributed by atoms with Crippen LogP contribution < -0.4 is 10.1 Å². The van der Waals surface area contributed by atoms with Crippen LogP contribution in [-0.4, -0.2) is 45.4 Å². The van der Waals surface area contributed by atoms with Crippen molar-refractivity contribution >= 4 is 5.91 Å². The highest BCUT2D eigenvalue weighted by molar-refractivity contribution is 5.94. The van der Waals surface area contributed by atoms with E-state index in [-0.39, 0.29) is 19.1 Å². The van der Waals surface area contributed by atoms with E-state index in [0.29, 0.717) is 22.7 Å². The van der Waals surface area contributed by atoms with Crippen molar-refractivity contribution in [3.63, 3.8) is 0 Å². The van der Waals surface area contributed by atoms with Gasteiger partial charge in [0.2, 0.25) is 0 Å². The zero-order chi connectivity index (χ0) is 15.1. The van der Waals surface area contributed by atoms with Crippen LogP contribution in [0.15, 0.2) is 18.2 Å². The maximum atomic E-state index is 12.0. The van der Waals surface area contributed by atoms with Gasteiger partial charge in [0, 0.05) is 5.56 Å². The lowest BCUT2D eigenvalue weighted by Gasteiger charge is -2.07. The molecule has 0 bridgehead atoms. The van der Waals surface area contributed by atoms with Gasteiger partial charge in [0.25, 0.3) is 5.91 Å². The number of aliphatic hydroxyl groups is 1. The number of nitrogens with zero attached hydrogens (tertiary/aromatic N) is 3. The Labute approximate surface area is 120 Å². The average molecular weight is 287 g/mol. The number of amides is 1. The number of H-pyrrole nitrogens is 1. The molecule has 0 radical (unpaired) electrons. The van der Waals surface area contributed by atoms with Gasteiger partial charge in [-0.2, -0.15) is 5.21 Å². The van der Waals surface area contributed by atoms with Crippen LogP contribution in [0.5, 0.6) is 5.75 Å². The molecule has 0 aliphatic carbocycles. The summed E-state index contributed by atoms with van der Waals surface area (Å²) in [6.45, 7) is -0.101. The van der Waals surface area contributed by atoms with Gasteiger partial charge in [-0.3, -0.25) is 4.79 Å². The molecule has 0 aliphatic rings. The molecule has 1 heterocycles. The molecule has 0 fully saturated rings. The minimum absolute atomic E-state index is 0.166.